The summed E-state index contributed by atoms with van der Waals surface area (Å²) in [6.45, 7) is 0.287. The van der Waals surface area contributed by atoms with E-state index in [-0.39, 0.29) is 34.6 Å². The second kappa shape index (κ2) is 12.3. The first-order valence-electron chi connectivity index (χ1n) is 10.7. The van der Waals surface area contributed by atoms with Gasteiger partial charge in [0.05, 0.1) is 9.79 Å². The Morgan fingerprint density at radius 1 is 0.889 bits per heavy atom. The lowest BCUT2D eigenvalue weighted by Crippen LogP contribution is -2.29. The maximum Gasteiger partial charge on any atom is 0.250 e. The fourth-order valence-corrected chi connectivity index (χ4v) is 4.99. The molecule has 1 aromatic heterocycles. The van der Waals surface area contributed by atoms with Crippen LogP contribution in [0.5, 0.6) is 0 Å². The number of halogens is 1. The number of carbonyl (C=O) groups excluding carboxylic acids is 1. The molecule has 0 saturated carbocycles. The normalized spacial score (nSPS) is 11.9. The number of hydrogen-bond acceptors (Lipinski definition) is 6. The number of likely N-dealkylation sites (N-methyl/N-ethyl adjacent to an activating group) is 2. The third-order valence-corrected chi connectivity index (χ3v) is 8.40. The summed E-state index contributed by atoms with van der Waals surface area (Å²) in [5, 5.41) is 0. The molecule has 0 radical (unpaired) electrons. The smallest absolute Gasteiger partial charge is 0.250 e. The summed E-state index contributed by atoms with van der Waals surface area (Å²) >= 11 is 0. The zero-order chi connectivity index (χ0) is 25.6. The second-order valence-corrected chi connectivity index (χ2v) is 12.0. The Bertz CT molecular complexity index is 1410. The van der Waals surface area contributed by atoms with Crippen molar-refractivity contribution in [3.05, 3.63) is 90.3 Å². The Labute approximate surface area is 218 Å². The largest absolute Gasteiger partial charge is 0.312 e. The van der Waals surface area contributed by atoms with Crippen molar-refractivity contribution in [2.45, 2.75) is 16.2 Å². The van der Waals surface area contributed by atoms with Crippen molar-refractivity contribution in [1.82, 2.24) is 9.29 Å². The Morgan fingerprint density at radius 2 is 1.50 bits per heavy atom. The molecule has 0 N–H and O–H groups in total. The van der Waals surface area contributed by atoms with Crippen molar-refractivity contribution >= 4 is 49.9 Å². The average Bonchev–Trinajstić information content (AvgIpc) is 2.85. The molecule has 3 aromatic rings. The van der Waals surface area contributed by atoms with E-state index in [1.165, 1.54) is 46.6 Å². The maximum absolute atomic E-state index is 12.9. The van der Waals surface area contributed by atoms with E-state index in [1.807, 2.05) is 12.1 Å². The molecule has 0 bridgehead atoms. The predicted octanol–water partition coefficient (Wildman–Crippen LogP) is 3.45. The third kappa shape index (κ3) is 7.47. The van der Waals surface area contributed by atoms with E-state index in [0.29, 0.717) is 17.7 Å². The van der Waals surface area contributed by atoms with Crippen LogP contribution in [0.15, 0.2) is 88.8 Å². The number of nitrogens with zero attached hydrogens (tertiary/aromatic N) is 3. The Hall–Kier alpha value is -3.05. The first kappa shape index (κ1) is 29.2. The van der Waals surface area contributed by atoms with Gasteiger partial charge >= 0.3 is 0 Å². The molecular weight excluding hydrogens is 522 g/mol. The van der Waals surface area contributed by atoms with Gasteiger partial charge in [-0.25, -0.2) is 21.1 Å². The highest BCUT2D eigenvalue weighted by molar-refractivity contribution is 7.90. The zero-order valence-electron chi connectivity index (χ0n) is 20.1. The van der Waals surface area contributed by atoms with Crippen LogP contribution in [0.4, 0.5) is 5.69 Å². The third-order valence-electron chi connectivity index (χ3n) is 5.40. The lowest BCUT2D eigenvalue weighted by Gasteiger charge is -2.19. The molecule has 36 heavy (non-hydrogen) atoms. The number of hydrogen-bond donors (Lipinski definition) is 0. The van der Waals surface area contributed by atoms with Gasteiger partial charge in [0, 0.05) is 57.0 Å². The van der Waals surface area contributed by atoms with Crippen molar-refractivity contribution in [2.75, 3.05) is 31.8 Å². The van der Waals surface area contributed by atoms with Crippen LogP contribution in [0.2, 0.25) is 0 Å². The standard InChI is InChI=1S/C25H27N3O5S2.ClH/c1-27(19-17-21-6-4-5-18-26-21)35(32,33)24-14-10-22(11-15-24)28(2)25(29)16-9-20-7-12-23(13-8-20)34(3,30)31;/h4-16,18H,17,19H2,1-3H3;1H/b16-9+;. The summed E-state index contributed by atoms with van der Waals surface area (Å²) in [5.74, 6) is -0.319. The molecule has 0 saturated heterocycles. The van der Waals surface area contributed by atoms with Crippen molar-refractivity contribution in [3.63, 3.8) is 0 Å². The quantitative estimate of drug-likeness (QED) is 0.379. The number of rotatable bonds is 9. The van der Waals surface area contributed by atoms with Gasteiger partial charge in [0.25, 0.3) is 5.91 Å². The highest BCUT2D eigenvalue weighted by atomic mass is 35.5. The van der Waals surface area contributed by atoms with Gasteiger partial charge in [-0.1, -0.05) is 18.2 Å². The van der Waals surface area contributed by atoms with E-state index in [2.05, 4.69) is 4.98 Å². The Balaban J connectivity index is 0.00000456. The lowest BCUT2D eigenvalue weighted by atomic mass is 10.2. The monoisotopic (exact) mass is 549 g/mol. The number of sulfonamides is 1. The fourth-order valence-electron chi connectivity index (χ4n) is 3.19. The number of amides is 1. The predicted molar refractivity (Wildman–Crippen MR) is 143 cm³/mol. The highest BCUT2D eigenvalue weighted by Crippen LogP contribution is 2.20. The molecule has 0 aliphatic rings. The maximum atomic E-state index is 12.9. The molecule has 2 aromatic carbocycles. The number of anilines is 1. The van der Waals surface area contributed by atoms with Crippen LogP contribution < -0.4 is 4.90 Å². The Morgan fingerprint density at radius 3 is 2.06 bits per heavy atom. The molecule has 0 spiro atoms. The van der Waals surface area contributed by atoms with Crippen molar-refractivity contribution in [2.24, 2.45) is 0 Å². The van der Waals surface area contributed by atoms with Crippen LogP contribution in [0.1, 0.15) is 11.3 Å². The number of benzene rings is 2. The second-order valence-electron chi connectivity index (χ2n) is 7.96. The van der Waals surface area contributed by atoms with E-state index in [4.69, 9.17) is 0 Å². The van der Waals surface area contributed by atoms with Gasteiger partial charge in [0.2, 0.25) is 10.0 Å². The van der Waals surface area contributed by atoms with Gasteiger partial charge in [0.15, 0.2) is 9.84 Å². The first-order chi connectivity index (χ1) is 16.5. The molecule has 192 valence electrons. The number of pyridine rings is 1. The molecule has 0 unspecified atom stereocenters. The topological polar surface area (TPSA) is 105 Å². The zero-order valence-corrected chi connectivity index (χ0v) is 22.6. The van der Waals surface area contributed by atoms with Crippen LogP contribution in [-0.2, 0) is 31.1 Å². The summed E-state index contributed by atoms with van der Waals surface area (Å²) in [4.78, 5) is 18.5. The van der Waals surface area contributed by atoms with Crippen LogP contribution in [0.3, 0.4) is 0 Å². The van der Waals surface area contributed by atoms with Gasteiger partial charge < -0.3 is 4.90 Å². The molecule has 0 atom stereocenters. The van der Waals surface area contributed by atoms with Gasteiger partial charge in [-0.05, 0) is 60.2 Å². The fraction of sp³-hybridized carbons (Fsp3) is 0.200. The van der Waals surface area contributed by atoms with Gasteiger partial charge in [-0.2, -0.15) is 0 Å². The molecule has 11 heteroatoms. The SMILES string of the molecule is CN(C(=O)/C=C/c1ccc(S(C)(=O)=O)cc1)c1ccc(S(=O)(=O)N(C)CCc2ccccn2)cc1.Cl. The van der Waals surface area contributed by atoms with Crippen LogP contribution in [0, 0.1) is 0 Å². The molecule has 1 amide bonds. The summed E-state index contributed by atoms with van der Waals surface area (Å²) in [6, 6.07) is 17.8. The van der Waals surface area contributed by atoms with Crippen LogP contribution >= 0.6 is 12.4 Å². The average molecular weight is 550 g/mol. The van der Waals surface area contributed by atoms with Gasteiger partial charge in [-0.3, -0.25) is 9.78 Å². The van der Waals surface area contributed by atoms with Crippen molar-refractivity contribution in [3.8, 4) is 0 Å². The number of aromatic nitrogens is 1. The van der Waals surface area contributed by atoms with E-state index in [0.717, 1.165) is 11.9 Å². The number of sulfone groups is 1. The van der Waals surface area contributed by atoms with Gasteiger partial charge in [-0.15, -0.1) is 12.4 Å². The molecule has 1 heterocycles. The molecular formula is C25H28ClN3O5S2. The minimum absolute atomic E-state index is 0. The summed E-state index contributed by atoms with van der Waals surface area (Å²) < 4.78 is 50.2. The van der Waals surface area contributed by atoms with E-state index in [9.17, 15) is 21.6 Å². The van der Waals surface area contributed by atoms with Crippen LogP contribution in [-0.4, -0.2) is 58.9 Å². The minimum atomic E-state index is -3.69. The van der Waals surface area contributed by atoms with E-state index < -0.39 is 19.9 Å². The van der Waals surface area contributed by atoms with Crippen molar-refractivity contribution in [1.29, 1.82) is 0 Å². The molecule has 0 fully saturated rings. The molecule has 8 nitrogen and oxygen atoms in total. The molecule has 0 aliphatic heterocycles. The first-order valence-corrected chi connectivity index (χ1v) is 14.0. The van der Waals surface area contributed by atoms with E-state index in [1.54, 1.807) is 49.7 Å². The summed E-state index contributed by atoms with van der Waals surface area (Å²) in [6.07, 6.45) is 6.25. The molecule has 3 rings (SSSR count). The summed E-state index contributed by atoms with van der Waals surface area (Å²) in [5.41, 5.74) is 2.01. The Kier molecular flexibility index (Phi) is 9.94. The molecule has 0 aliphatic carbocycles. The van der Waals surface area contributed by atoms with Gasteiger partial charge in [0.1, 0.15) is 0 Å². The lowest BCUT2D eigenvalue weighted by molar-refractivity contribution is -0.113. The highest BCUT2D eigenvalue weighted by Gasteiger charge is 2.21. The van der Waals surface area contributed by atoms with E-state index >= 15 is 0 Å². The van der Waals surface area contributed by atoms with Crippen LogP contribution in [0.25, 0.3) is 6.08 Å². The number of carbonyl (C=O) groups is 1. The minimum Gasteiger partial charge on any atom is -0.312 e. The summed E-state index contributed by atoms with van der Waals surface area (Å²) in [7, 11) is -3.86. The van der Waals surface area contributed by atoms with Crippen molar-refractivity contribution < 1.29 is 21.6 Å².